The quantitative estimate of drug-likeness (QED) is 0.653. The molecule has 2 amide bonds. The second kappa shape index (κ2) is 11.5. The predicted octanol–water partition coefficient (Wildman–Crippen LogP) is 1.83. The van der Waals surface area contributed by atoms with Gasteiger partial charge in [-0.1, -0.05) is 25.7 Å². The zero-order valence-electron chi connectivity index (χ0n) is 15.7. The topological polar surface area (TPSA) is 70.7 Å². The number of hydrogen-bond donors (Lipinski definition) is 2. The van der Waals surface area contributed by atoms with Gasteiger partial charge in [0.15, 0.2) is 0 Å². The lowest BCUT2D eigenvalue weighted by molar-refractivity contribution is -0.127. The first-order valence-corrected chi connectivity index (χ1v) is 10.0. The lowest BCUT2D eigenvalue weighted by atomic mass is 10.1. The highest BCUT2D eigenvalue weighted by molar-refractivity contribution is 5.83. The van der Waals surface area contributed by atoms with E-state index in [9.17, 15) is 9.59 Å². The fraction of sp³-hybridized carbons (Fsp3) is 0.895. The minimum atomic E-state index is -0.0227. The van der Waals surface area contributed by atoms with Crippen LogP contribution < -0.4 is 10.6 Å². The summed E-state index contributed by atoms with van der Waals surface area (Å²) in [7, 11) is 0. The summed E-state index contributed by atoms with van der Waals surface area (Å²) < 4.78 is 5.34. The van der Waals surface area contributed by atoms with Crippen molar-refractivity contribution >= 4 is 11.8 Å². The first kappa shape index (κ1) is 20.2. The van der Waals surface area contributed by atoms with E-state index in [0.29, 0.717) is 12.5 Å². The molecular formula is C19H35N3O3. The molecule has 1 aliphatic carbocycles. The van der Waals surface area contributed by atoms with Crippen LogP contribution in [0.2, 0.25) is 0 Å². The second-order valence-corrected chi connectivity index (χ2v) is 7.47. The fourth-order valence-corrected chi connectivity index (χ4v) is 3.57. The second-order valence-electron chi connectivity index (χ2n) is 7.47. The van der Waals surface area contributed by atoms with Gasteiger partial charge in [0.25, 0.3) is 0 Å². The van der Waals surface area contributed by atoms with Gasteiger partial charge in [-0.2, -0.15) is 0 Å². The standard InChI is InChI=1S/C19H35N3O3/c1-16(10-11-22-12-14-25-15-13-22)20-18(23)8-9-19(24)21-17-6-4-2-3-5-7-17/h16-17H,2-15H2,1H3,(H,20,23)(H,21,24). The summed E-state index contributed by atoms with van der Waals surface area (Å²) in [5, 5.41) is 6.11. The largest absolute Gasteiger partial charge is 0.379 e. The Morgan fingerprint density at radius 3 is 2.36 bits per heavy atom. The monoisotopic (exact) mass is 353 g/mol. The number of amides is 2. The molecule has 1 aliphatic heterocycles. The Bertz CT molecular complexity index is 403. The normalized spacial score (nSPS) is 21.3. The molecular weight excluding hydrogens is 318 g/mol. The molecule has 2 rings (SSSR count). The zero-order valence-corrected chi connectivity index (χ0v) is 15.7. The van der Waals surface area contributed by atoms with Gasteiger partial charge >= 0.3 is 0 Å². The molecule has 0 radical (unpaired) electrons. The summed E-state index contributed by atoms with van der Waals surface area (Å²) in [6.07, 6.45) is 8.61. The van der Waals surface area contributed by atoms with Crippen LogP contribution in [0.3, 0.4) is 0 Å². The number of morpholine rings is 1. The van der Waals surface area contributed by atoms with Gasteiger partial charge in [0.2, 0.25) is 11.8 Å². The van der Waals surface area contributed by atoms with Gasteiger partial charge in [-0.05, 0) is 26.2 Å². The highest BCUT2D eigenvalue weighted by Gasteiger charge is 2.16. The number of rotatable bonds is 8. The van der Waals surface area contributed by atoms with Gasteiger partial charge in [-0.3, -0.25) is 14.5 Å². The Hall–Kier alpha value is -1.14. The highest BCUT2D eigenvalue weighted by atomic mass is 16.5. The van der Waals surface area contributed by atoms with Crippen LogP contribution in [0.5, 0.6) is 0 Å². The molecule has 1 saturated carbocycles. The van der Waals surface area contributed by atoms with E-state index < -0.39 is 0 Å². The van der Waals surface area contributed by atoms with E-state index in [4.69, 9.17) is 4.74 Å². The smallest absolute Gasteiger partial charge is 0.220 e. The molecule has 0 spiro atoms. The summed E-state index contributed by atoms with van der Waals surface area (Å²) in [6.45, 7) is 6.56. The van der Waals surface area contributed by atoms with Crippen molar-refractivity contribution in [3.63, 3.8) is 0 Å². The Balaban J connectivity index is 1.55. The Labute approximate surface area is 152 Å². The van der Waals surface area contributed by atoms with Crippen LogP contribution in [-0.4, -0.2) is 61.6 Å². The predicted molar refractivity (Wildman–Crippen MR) is 98.3 cm³/mol. The Kier molecular flexibility index (Phi) is 9.26. The van der Waals surface area contributed by atoms with E-state index in [-0.39, 0.29) is 24.3 Å². The number of carbonyl (C=O) groups excluding carboxylic acids is 2. The van der Waals surface area contributed by atoms with Crippen molar-refractivity contribution < 1.29 is 14.3 Å². The van der Waals surface area contributed by atoms with Crippen molar-refractivity contribution in [1.82, 2.24) is 15.5 Å². The molecule has 6 heteroatoms. The number of nitrogens with zero attached hydrogens (tertiary/aromatic N) is 1. The van der Waals surface area contributed by atoms with Crippen LogP contribution in [0.15, 0.2) is 0 Å². The number of carbonyl (C=O) groups is 2. The molecule has 144 valence electrons. The minimum absolute atomic E-state index is 0.0167. The lowest BCUT2D eigenvalue weighted by Crippen LogP contribution is -2.41. The van der Waals surface area contributed by atoms with Crippen LogP contribution in [0.1, 0.15) is 64.7 Å². The van der Waals surface area contributed by atoms with Crippen LogP contribution in [-0.2, 0) is 14.3 Å². The van der Waals surface area contributed by atoms with E-state index in [0.717, 1.165) is 52.1 Å². The molecule has 1 heterocycles. The van der Waals surface area contributed by atoms with Crippen molar-refractivity contribution in [3.05, 3.63) is 0 Å². The maximum atomic E-state index is 12.0. The van der Waals surface area contributed by atoms with Crippen molar-refractivity contribution in [3.8, 4) is 0 Å². The lowest BCUT2D eigenvalue weighted by Gasteiger charge is -2.27. The maximum absolute atomic E-state index is 12.0. The third kappa shape index (κ3) is 8.68. The molecule has 2 aliphatic rings. The molecule has 6 nitrogen and oxygen atoms in total. The molecule has 2 N–H and O–H groups in total. The molecule has 0 aromatic rings. The number of nitrogens with one attached hydrogen (secondary N) is 2. The van der Waals surface area contributed by atoms with E-state index in [1.807, 2.05) is 6.92 Å². The van der Waals surface area contributed by atoms with Gasteiger partial charge in [0.1, 0.15) is 0 Å². The average molecular weight is 354 g/mol. The molecule has 1 atom stereocenters. The van der Waals surface area contributed by atoms with E-state index in [1.165, 1.54) is 25.7 Å². The van der Waals surface area contributed by atoms with E-state index in [1.54, 1.807) is 0 Å². The summed E-state index contributed by atoms with van der Waals surface area (Å²) in [5.41, 5.74) is 0. The summed E-state index contributed by atoms with van der Waals surface area (Å²) in [5.74, 6) is -0.00601. The molecule has 25 heavy (non-hydrogen) atoms. The van der Waals surface area contributed by atoms with Crippen molar-refractivity contribution in [1.29, 1.82) is 0 Å². The Morgan fingerprint density at radius 2 is 1.68 bits per heavy atom. The molecule has 0 aromatic heterocycles. The maximum Gasteiger partial charge on any atom is 0.220 e. The van der Waals surface area contributed by atoms with Crippen LogP contribution in [0.25, 0.3) is 0 Å². The van der Waals surface area contributed by atoms with E-state index in [2.05, 4.69) is 15.5 Å². The van der Waals surface area contributed by atoms with Gasteiger partial charge in [-0.25, -0.2) is 0 Å². The summed E-state index contributed by atoms with van der Waals surface area (Å²) in [6, 6.07) is 0.450. The van der Waals surface area contributed by atoms with Crippen molar-refractivity contribution in [2.45, 2.75) is 76.8 Å². The zero-order chi connectivity index (χ0) is 17.9. The van der Waals surface area contributed by atoms with Crippen LogP contribution in [0.4, 0.5) is 0 Å². The van der Waals surface area contributed by atoms with Gasteiger partial charge in [0, 0.05) is 44.6 Å². The van der Waals surface area contributed by atoms with Crippen LogP contribution >= 0.6 is 0 Å². The molecule has 0 bridgehead atoms. The molecule has 1 unspecified atom stereocenters. The van der Waals surface area contributed by atoms with Gasteiger partial charge in [-0.15, -0.1) is 0 Å². The first-order valence-electron chi connectivity index (χ1n) is 10.0. The Morgan fingerprint density at radius 1 is 1.04 bits per heavy atom. The van der Waals surface area contributed by atoms with Gasteiger partial charge in [0.05, 0.1) is 13.2 Å². The molecule has 2 fully saturated rings. The number of ether oxygens (including phenoxy) is 1. The average Bonchev–Trinajstić information content (AvgIpc) is 2.88. The SMILES string of the molecule is CC(CCN1CCOCC1)NC(=O)CCC(=O)NC1CCCCCC1. The third-order valence-electron chi connectivity index (χ3n) is 5.19. The van der Waals surface area contributed by atoms with Crippen LogP contribution in [0, 0.1) is 0 Å². The van der Waals surface area contributed by atoms with Gasteiger partial charge < -0.3 is 15.4 Å². The first-order chi connectivity index (χ1) is 12.1. The molecule has 0 aromatic carbocycles. The highest BCUT2D eigenvalue weighted by Crippen LogP contribution is 2.17. The minimum Gasteiger partial charge on any atom is -0.379 e. The van der Waals surface area contributed by atoms with Crippen molar-refractivity contribution in [2.75, 3.05) is 32.8 Å². The third-order valence-corrected chi connectivity index (χ3v) is 5.19. The van der Waals surface area contributed by atoms with Crippen molar-refractivity contribution in [2.24, 2.45) is 0 Å². The summed E-state index contributed by atoms with van der Waals surface area (Å²) in [4.78, 5) is 26.4. The fourth-order valence-electron chi connectivity index (χ4n) is 3.57. The molecule has 1 saturated heterocycles. The van der Waals surface area contributed by atoms with E-state index >= 15 is 0 Å². The summed E-state index contributed by atoms with van der Waals surface area (Å²) >= 11 is 0. The number of hydrogen-bond acceptors (Lipinski definition) is 4.